The molecule has 8 heteroatoms. The fourth-order valence-electron chi connectivity index (χ4n) is 5.05. The van der Waals surface area contributed by atoms with E-state index in [-0.39, 0.29) is 24.0 Å². The van der Waals surface area contributed by atoms with Crippen LogP contribution in [-0.2, 0) is 18.7 Å². The first-order valence-electron chi connectivity index (χ1n) is 13.0. The molecule has 0 aliphatic carbocycles. The summed E-state index contributed by atoms with van der Waals surface area (Å²) in [5.41, 5.74) is 6.56. The molecule has 3 aromatic carbocycles. The van der Waals surface area contributed by atoms with Crippen molar-refractivity contribution in [3.8, 4) is 5.75 Å². The first-order chi connectivity index (χ1) is 18.6. The number of halogens is 1. The fourth-order valence-corrected chi connectivity index (χ4v) is 10.1. The highest BCUT2D eigenvalue weighted by molar-refractivity contribution is 9.10. The first kappa shape index (κ1) is 29.1. The van der Waals surface area contributed by atoms with Crippen LogP contribution < -0.4 is 20.8 Å². The third kappa shape index (κ3) is 6.63. The van der Waals surface area contributed by atoms with Crippen molar-refractivity contribution in [2.45, 2.75) is 50.5 Å². The number of ether oxygens (including phenoxy) is 3. The summed E-state index contributed by atoms with van der Waals surface area (Å²) in [5.74, 6) is 0.307. The van der Waals surface area contributed by atoms with Gasteiger partial charge in [0, 0.05) is 5.69 Å². The van der Waals surface area contributed by atoms with E-state index in [0.717, 1.165) is 4.47 Å². The van der Waals surface area contributed by atoms with Gasteiger partial charge in [0.15, 0.2) is 0 Å². The van der Waals surface area contributed by atoms with Crippen molar-refractivity contribution < 1.29 is 23.4 Å². The van der Waals surface area contributed by atoms with Crippen LogP contribution in [-0.4, -0.2) is 46.3 Å². The van der Waals surface area contributed by atoms with Crippen LogP contribution in [0, 0.1) is 0 Å². The average molecular weight is 611 g/mol. The molecule has 1 aliphatic rings. The predicted molar refractivity (Wildman–Crippen MR) is 161 cm³/mol. The molecular formula is C31H36BrNO5Si. The molecule has 2 N–H and O–H groups in total. The number of methoxy groups -OCH3 is 1. The second-order valence-electron chi connectivity index (χ2n) is 10.6. The van der Waals surface area contributed by atoms with Gasteiger partial charge in [-0.15, -0.1) is 0 Å². The minimum Gasteiger partial charge on any atom is -0.482 e. The Bertz CT molecular complexity index is 1240. The first-order valence-corrected chi connectivity index (χ1v) is 15.7. The molecule has 0 amide bonds. The summed E-state index contributed by atoms with van der Waals surface area (Å²) in [7, 11) is -1.43. The van der Waals surface area contributed by atoms with Crippen LogP contribution in [0.4, 0.5) is 5.69 Å². The molecular weight excluding hydrogens is 574 g/mol. The van der Waals surface area contributed by atoms with Gasteiger partial charge in [-0.05, 0) is 55.6 Å². The minimum absolute atomic E-state index is 0.112. The van der Waals surface area contributed by atoms with E-state index in [1.807, 2.05) is 30.4 Å². The molecule has 4 rings (SSSR count). The molecule has 6 nitrogen and oxygen atoms in total. The lowest BCUT2D eigenvalue weighted by molar-refractivity contribution is -0.145. The molecule has 0 spiro atoms. The van der Waals surface area contributed by atoms with Crippen LogP contribution in [0.1, 0.15) is 27.2 Å². The molecule has 1 heterocycles. The van der Waals surface area contributed by atoms with E-state index in [1.54, 1.807) is 12.1 Å². The summed E-state index contributed by atoms with van der Waals surface area (Å²) in [5, 5.41) is 2.17. The number of hydrogen-bond donors (Lipinski definition) is 1. The highest BCUT2D eigenvalue weighted by Crippen LogP contribution is 2.37. The molecule has 3 unspecified atom stereocenters. The molecule has 39 heavy (non-hydrogen) atoms. The summed E-state index contributed by atoms with van der Waals surface area (Å²) in [6.07, 6.45) is 2.54. The number of carbonyl (C=O) groups excluding carboxylic acids is 1. The quantitative estimate of drug-likeness (QED) is 0.155. The normalized spacial score (nSPS) is 19.5. The molecule has 206 valence electrons. The molecule has 0 saturated heterocycles. The third-order valence-electron chi connectivity index (χ3n) is 6.93. The van der Waals surface area contributed by atoms with Gasteiger partial charge in [0.1, 0.15) is 18.0 Å². The van der Waals surface area contributed by atoms with Gasteiger partial charge < -0.3 is 24.4 Å². The monoisotopic (exact) mass is 609 g/mol. The van der Waals surface area contributed by atoms with Gasteiger partial charge >= 0.3 is 5.97 Å². The van der Waals surface area contributed by atoms with E-state index in [0.29, 0.717) is 11.4 Å². The average Bonchev–Trinajstić information content (AvgIpc) is 2.92. The number of benzene rings is 3. The second-order valence-corrected chi connectivity index (χ2v) is 15.8. The number of carbonyl (C=O) groups is 1. The Labute approximate surface area is 240 Å². The van der Waals surface area contributed by atoms with Crippen molar-refractivity contribution in [2.24, 2.45) is 0 Å². The number of anilines is 1. The van der Waals surface area contributed by atoms with Gasteiger partial charge in [0.05, 0.1) is 30.7 Å². The van der Waals surface area contributed by atoms with Gasteiger partial charge in [-0.25, -0.2) is 0 Å². The Morgan fingerprint density at radius 3 is 2.13 bits per heavy atom. The summed E-state index contributed by atoms with van der Waals surface area (Å²) >= 11 is 3.55. The van der Waals surface area contributed by atoms with E-state index < -0.39 is 26.6 Å². The molecule has 0 aromatic heterocycles. The Balaban J connectivity index is 1.70. The summed E-state index contributed by atoms with van der Waals surface area (Å²) in [4.78, 5) is 12.0. The van der Waals surface area contributed by atoms with E-state index in [2.05, 4.69) is 85.2 Å². The standard InChI is InChI=1S/C31H36BrNO5Si/c1-31(2,3)39(24-11-7-5-8-12-24,25-13-9-6-10-14-25)36-21-29-28(18-16-23(37-29)20-30(34)35-4)38-27-17-15-22(33)19-26(27)32/h5-19,23,28-29H,20-21,33H2,1-4H3. The Hall–Kier alpha value is -2.91. The number of rotatable bonds is 9. The fraction of sp³-hybridized carbons (Fsp3) is 0.323. The van der Waals surface area contributed by atoms with Crippen molar-refractivity contribution in [3.63, 3.8) is 0 Å². The topological polar surface area (TPSA) is 80.0 Å². The summed E-state index contributed by atoms with van der Waals surface area (Å²) < 4.78 is 25.6. The van der Waals surface area contributed by atoms with Gasteiger partial charge in [0.2, 0.25) is 0 Å². The predicted octanol–water partition coefficient (Wildman–Crippen LogP) is 5.24. The van der Waals surface area contributed by atoms with Gasteiger partial charge in [-0.1, -0.05) is 87.5 Å². The molecule has 0 bridgehead atoms. The van der Waals surface area contributed by atoms with Gasteiger partial charge in [0.25, 0.3) is 8.32 Å². The van der Waals surface area contributed by atoms with Crippen molar-refractivity contribution in [1.29, 1.82) is 0 Å². The zero-order chi connectivity index (χ0) is 28.0. The Kier molecular flexibility index (Phi) is 9.33. The Morgan fingerprint density at radius 2 is 1.59 bits per heavy atom. The zero-order valence-corrected chi connectivity index (χ0v) is 25.4. The van der Waals surface area contributed by atoms with E-state index in [4.69, 9.17) is 24.4 Å². The maximum atomic E-state index is 12.0. The molecule has 0 saturated carbocycles. The van der Waals surface area contributed by atoms with Crippen LogP contribution in [0.3, 0.4) is 0 Å². The smallest absolute Gasteiger partial charge is 0.308 e. The zero-order valence-electron chi connectivity index (χ0n) is 22.8. The second kappa shape index (κ2) is 12.5. The SMILES string of the molecule is COC(=O)CC1C=CC(Oc2ccc(N)cc2Br)C(CO[Si](c2ccccc2)(c2ccccc2)C(C)(C)C)O1. The van der Waals surface area contributed by atoms with Crippen molar-refractivity contribution in [2.75, 3.05) is 19.5 Å². The van der Waals surface area contributed by atoms with Crippen LogP contribution in [0.15, 0.2) is 95.5 Å². The number of nitrogens with two attached hydrogens (primary N) is 1. The highest BCUT2D eigenvalue weighted by Gasteiger charge is 2.51. The lowest BCUT2D eigenvalue weighted by atomic mass is 10.1. The van der Waals surface area contributed by atoms with Gasteiger partial charge in [-0.3, -0.25) is 4.79 Å². The van der Waals surface area contributed by atoms with Crippen molar-refractivity contribution >= 4 is 46.3 Å². The number of nitrogen functional groups attached to an aromatic ring is 1. The summed E-state index contributed by atoms with van der Waals surface area (Å²) in [6.45, 7) is 6.98. The van der Waals surface area contributed by atoms with Crippen LogP contribution in [0.5, 0.6) is 5.75 Å². The maximum Gasteiger partial charge on any atom is 0.308 e. The Morgan fingerprint density at radius 1 is 0.974 bits per heavy atom. The molecule has 3 aromatic rings. The van der Waals surface area contributed by atoms with Crippen LogP contribution in [0.25, 0.3) is 0 Å². The molecule has 3 atom stereocenters. The number of hydrogen-bond acceptors (Lipinski definition) is 6. The van der Waals surface area contributed by atoms with Crippen LogP contribution >= 0.6 is 15.9 Å². The summed E-state index contributed by atoms with van der Waals surface area (Å²) in [6, 6.07) is 26.4. The lowest BCUT2D eigenvalue weighted by Gasteiger charge is -2.44. The minimum atomic E-state index is -2.81. The molecule has 1 aliphatic heterocycles. The lowest BCUT2D eigenvalue weighted by Crippen LogP contribution is -2.67. The third-order valence-corrected chi connectivity index (χ3v) is 12.6. The molecule has 0 radical (unpaired) electrons. The largest absolute Gasteiger partial charge is 0.482 e. The maximum absolute atomic E-state index is 12.0. The molecule has 0 fully saturated rings. The van der Waals surface area contributed by atoms with E-state index >= 15 is 0 Å². The number of esters is 1. The van der Waals surface area contributed by atoms with Crippen molar-refractivity contribution in [3.05, 3.63) is 95.5 Å². The van der Waals surface area contributed by atoms with Crippen molar-refractivity contribution in [1.82, 2.24) is 0 Å². The van der Waals surface area contributed by atoms with E-state index in [9.17, 15) is 4.79 Å². The van der Waals surface area contributed by atoms with Gasteiger partial charge in [-0.2, -0.15) is 0 Å². The highest BCUT2D eigenvalue weighted by atomic mass is 79.9. The van der Waals surface area contributed by atoms with Crippen LogP contribution in [0.2, 0.25) is 5.04 Å². The van der Waals surface area contributed by atoms with E-state index in [1.165, 1.54) is 17.5 Å².